The van der Waals surface area contributed by atoms with Crippen LogP contribution in [0.2, 0.25) is 5.02 Å². The number of amides is 2. The Bertz CT molecular complexity index is 1490. The van der Waals surface area contributed by atoms with Crippen molar-refractivity contribution in [3.63, 3.8) is 0 Å². The molecule has 0 saturated heterocycles. The largest absolute Gasteiger partial charge is 0.418 e. The van der Waals surface area contributed by atoms with Gasteiger partial charge in [-0.2, -0.15) is 13.2 Å². The minimum absolute atomic E-state index is 0.0874. The molecule has 40 heavy (non-hydrogen) atoms. The number of nitrogens with one attached hydrogen (secondary N) is 2. The van der Waals surface area contributed by atoms with Crippen LogP contribution in [0.15, 0.2) is 65.8 Å². The topological polar surface area (TPSA) is 109 Å². The molecule has 8 nitrogen and oxygen atoms in total. The molecule has 210 valence electrons. The highest BCUT2D eigenvalue weighted by molar-refractivity contribution is 7.13. The zero-order chi connectivity index (χ0) is 29.4. The van der Waals surface area contributed by atoms with Crippen molar-refractivity contribution >= 4 is 46.3 Å². The molecule has 2 amide bonds. The van der Waals surface area contributed by atoms with Crippen LogP contribution in [0.4, 0.5) is 23.4 Å². The highest BCUT2D eigenvalue weighted by Crippen LogP contribution is 2.35. The SMILES string of the molecule is CC/C=C/N=C(/C=C(\C)C(=O)NC(C)c1ncc(C(=O)Nc2cc(C(F)(F)F)c(Cl)cn2)s1)c1cncc(F)c1. The van der Waals surface area contributed by atoms with Gasteiger partial charge in [0.1, 0.15) is 21.5 Å². The lowest BCUT2D eigenvalue weighted by Gasteiger charge is -2.12. The summed E-state index contributed by atoms with van der Waals surface area (Å²) < 4.78 is 53.0. The van der Waals surface area contributed by atoms with E-state index in [4.69, 9.17) is 11.6 Å². The molecule has 0 spiro atoms. The first-order valence-corrected chi connectivity index (χ1v) is 12.9. The van der Waals surface area contributed by atoms with Crippen molar-refractivity contribution in [3.05, 3.63) is 92.7 Å². The highest BCUT2D eigenvalue weighted by atomic mass is 35.5. The van der Waals surface area contributed by atoms with Crippen molar-refractivity contribution in [1.29, 1.82) is 0 Å². The summed E-state index contributed by atoms with van der Waals surface area (Å²) in [6, 6.07) is 1.26. The molecule has 0 radical (unpaired) electrons. The van der Waals surface area contributed by atoms with Crippen LogP contribution >= 0.6 is 22.9 Å². The molecule has 3 aromatic heterocycles. The zero-order valence-electron chi connectivity index (χ0n) is 21.4. The van der Waals surface area contributed by atoms with Crippen LogP contribution in [-0.4, -0.2) is 32.5 Å². The van der Waals surface area contributed by atoms with E-state index in [1.54, 1.807) is 26.1 Å². The fourth-order valence-electron chi connectivity index (χ4n) is 3.12. The molecule has 0 aliphatic rings. The zero-order valence-corrected chi connectivity index (χ0v) is 23.0. The molecule has 3 heterocycles. The van der Waals surface area contributed by atoms with Gasteiger partial charge in [-0.05, 0) is 38.5 Å². The summed E-state index contributed by atoms with van der Waals surface area (Å²) in [5.74, 6) is -2.08. The van der Waals surface area contributed by atoms with Gasteiger partial charge in [0.15, 0.2) is 0 Å². The van der Waals surface area contributed by atoms with Crippen molar-refractivity contribution < 1.29 is 27.2 Å². The van der Waals surface area contributed by atoms with Crippen molar-refractivity contribution in [2.24, 2.45) is 4.99 Å². The molecule has 1 atom stereocenters. The lowest BCUT2D eigenvalue weighted by molar-refractivity contribution is -0.137. The van der Waals surface area contributed by atoms with Crippen LogP contribution in [0.1, 0.15) is 59.0 Å². The molecule has 1 unspecified atom stereocenters. The predicted molar refractivity (Wildman–Crippen MR) is 145 cm³/mol. The van der Waals surface area contributed by atoms with Gasteiger partial charge >= 0.3 is 6.18 Å². The Labute approximate surface area is 235 Å². The van der Waals surface area contributed by atoms with Crippen LogP contribution in [0, 0.1) is 5.82 Å². The summed E-state index contributed by atoms with van der Waals surface area (Å²) in [5.41, 5.74) is -0.153. The Morgan fingerprint density at radius 1 is 1.18 bits per heavy atom. The van der Waals surface area contributed by atoms with Crippen molar-refractivity contribution in [3.8, 4) is 0 Å². The fourth-order valence-corrected chi connectivity index (χ4v) is 4.15. The monoisotopic (exact) mass is 594 g/mol. The van der Waals surface area contributed by atoms with Crippen LogP contribution in [-0.2, 0) is 11.0 Å². The predicted octanol–water partition coefficient (Wildman–Crippen LogP) is 6.53. The number of carbonyl (C=O) groups excluding carboxylic acids is 2. The third kappa shape index (κ3) is 8.26. The summed E-state index contributed by atoms with van der Waals surface area (Å²) >= 11 is 6.51. The Morgan fingerprint density at radius 2 is 1.93 bits per heavy atom. The quantitative estimate of drug-likeness (QED) is 0.166. The standard InChI is InChI=1S/C26H23ClF4N6O2S/c1-4-5-6-33-20(16-8-17(28)11-32-10-16)7-14(2)23(38)36-15(3)25-35-13-21(40-25)24(39)37-22-9-18(26(29,30)31)19(27)12-34-22/h5-13,15H,4H2,1-3H3,(H,36,38)(H,34,37,39)/b6-5+,14-7+,33-20-. The van der Waals surface area contributed by atoms with E-state index < -0.39 is 40.4 Å². The molecule has 0 bridgehead atoms. The van der Waals surface area contributed by atoms with Gasteiger partial charge in [0.2, 0.25) is 5.91 Å². The lowest BCUT2D eigenvalue weighted by atomic mass is 10.1. The molecule has 14 heteroatoms. The highest BCUT2D eigenvalue weighted by Gasteiger charge is 2.34. The number of aromatic nitrogens is 3. The van der Waals surface area contributed by atoms with E-state index in [0.29, 0.717) is 22.3 Å². The minimum Gasteiger partial charge on any atom is -0.343 e. The van der Waals surface area contributed by atoms with E-state index in [9.17, 15) is 27.2 Å². The number of pyridine rings is 2. The number of alkyl halides is 3. The number of thiazole rings is 1. The number of hydrogen-bond acceptors (Lipinski definition) is 7. The summed E-state index contributed by atoms with van der Waals surface area (Å²) in [5, 5.41) is 4.82. The number of hydrogen-bond donors (Lipinski definition) is 2. The molecule has 0 aliphatic carbocycles. The van der Waals surface area contributed by atoms with Gasteiger partial charge < -0.3 is 10.6 Å². The summed E-state index contributed by atoms with van der Waals surface area (Å²) in [7, 11) is 0. The minimum atomic E-state index is -4.72. The first-order valence-electron chi connectivity index (χ1n) is 11.7. The van der Waals surface area contributed by atoms with Crippen molar-refractivity contribution in [1.82, 2.24) is 20.3 Å². The third-order valence-electron chi connectivity index (χ3n) is 5.13. The summed E-state index contributed by atoms with van der Waals surface area (Å²) in [6.45, 7) is 5.14. The normalized spacial score (nSPS) is 13.4. The van der Waals surface area contributed by atoms with Gasteiger partial charge in [-0.15, -0.1) is 11.3 Å². The molecule has 0 fully saturated rings. The van der Waals surface area contributed by atoms with Gasteiger partial charge in [0.05, 0.1) is 34.7 Å². The number of allylic oxidation sites excluding steroid dienone is 2. The van der Waals surface area contributed by atoms with Crippen LogP contribution in [0.5, 0.6) is 0 Å². The van der Waals surface area contributed by atoms with Gasteiger partial charge in [-0.25, -0.2) is 14.4 Å². The first-order chi connectivity index (χ1) is 18.9. The van der Waals surface area contributed by atoms with E-state index >= 15 is 0 Å². The number of anilines is 1. The molecular weight excluding hydrogens is 572 g/mol. The van der Waals surface area contributed by atoms with Gasteiger partial charge in [-0.1, -0.05) is 24.6 Å². The van der Waals surface area contributed by atoms with Crippen LogP contribution in [0.3, 0.4) is 0 Å². The maximum atomic E-state index is 13.7. The van der Waals surface area contributed by atoms with Crippen LogP contribution < -0.4 is 10.6 Å². The van der Waals surface area contributed by atoms with E-state index in [-0.39, 0.29) is 16.3 Å². The molecule has 0 aliphatic heterocycles. The number of aliphatic imine (C=N–C) groups is 1. The lowest BCUT2D eigenvalue weighted by Crippen LogP contribution is -2.27. The second-order valence-corrected chi connectivity index (χ2v) is 9.76. The maximum Gasteiger partial charge on any atom is 0.418 e. The van der Waals surface area contributed by atoms with E-state index in [1.807, 2.05) is 6.92 Å². The third-order valence-corrected chi connectivity index (χ3v) is 6.61. The smallest absolute Gasteiger partial charge is 0.343 e. The number of rotatable bonds is 9. The van der Waals surface area contributed by atoms with Gasteiger partial charge in [-0.3, -0.25) is 19.6 Å². The molecule has 2 N–H and O–H groups in total. The number of nitrogens with zero attached hydrogens (tertiary/aromatic N) is 4. The molecule has 0 aromatic carbocycles. The average Bonchev–Trinajstić information content (AvgIpc) is 3.39. The van der Waals surface area contributed by atoms with E-state index in [1.165, 1.54) is 24.5 Å². The number of halogens is 5. The van der Waals surface area contributed by atoms with Crippen LogP contribution in [0.25, 0.3) is 0 Å². The summed E-state index contributed by atoms with van der Waals surface area (Å²) in [4.78, 5) is 41.5. The molecular formula is C26H23ClF4N6O2S. The first kappa shape index (κ1) is 30.6. The molecule has 0 saturated carbocycles. The number of carbonyl (C=O) groups is 2. The Hall–Kier alpha value is -3.97. The van der Waals surface area contributed by atoms with E-state index in [2.05, 4.69) is 30.6 Å². The second kappa shape index (κ2) is 13.4. The second-order valence-electron chi connectivity index (χ2n) is 8.29. The van der Waals surface area contributed by atoms with Crippen molar-refractivity contribution in [2.45, 2.75) is 39.4 Å². The van der Waals surface area contributed by atoms with Crippen molar-refractivity contribution in [2.75, 3.05) is 5.32 Å². The Morgan fingerprint density at radius 3 is 2.60 bits per heavy atom. The summed E-state index contributed by atoms with van der Waals surface area (Å²) in [6.07, 6.45) is 5.38. The molecule has 3 rings (SSSR count). The molecule has 3 aromatic rings. The maximum absolute atomic E-state index is 13.7. The Balaban J connectivity index is 1.71. The van der Waals surface area contributed by atoms with Gasteiger partial charge in [0.25, 0.3) is 5.91 Å². The van der Waals surface area contributed by atoms with Gasteiger partial charge in [0, 0.05) is 29.7 Å². The fraction of sp³-hybridized carbons (Fsp3) is 0.231. The van der Waals surface area contributed by atoms with E-state index in [0.717, 1.165) is 30.2 Å². The average molecular weight is 595 g/mol. The Kier molecular flexibility index (Phi) is 10.2.